The number of aryl methyl sites for hydroxylation is 1. The van der Waals surface area contributed by atoms with Crippen LogP contribution in [0.5, 0.6) is 0 Å². The summed E-state index contributed by atoms with van der Waals surface area (Å²) in [5, 5.41) is 5.27. The van der Waals surface area contributed by atoms with E-state index in [2.05, 4.69) is 48.3 Å². The molecule has 0 spiro atoms. The fourth-order valence-electron chi connectivity index (χ4n) is 2.59. The fraction of sp³-hybridized carbons (Fsp3) is 0.235. The van der Waals surface area contributed by atoms with Crippen molar-refractivity contribution in [1.82, 2.24) is 4.98 Å². The lowest BCUT2D eigenvalue weighted by molar-refractivity contribution is 0.799. The lowest BCUT2D eigenvalue weighted by Crippen LogP contribution is -1.88. The number of rotatable bonds is 3. The van der Waals surface area contributed by atoms with Gasteiger partial charge in [0.1, 0.15) is 0 Å². The average Bonchev–Trinajstić information content (AvgIpc) is 2.44. The highest BCUT2D eigenvalue weighted by atomic mass is 14.6. The molecule has 0 unspecified atom stereocenters. The van der Waals surface area contributed by atoms with Gasteiger partial charge in [-0.15, -0.1) is 0 Å². The molecule has 0 bridgehead atoms. The van der Waals surface area contributed by atoms with Crippen LogP contribution in [-0.2, 0) is 6.42 Å². The average molecular weight is 235 g/mol. The first-order valence-corrected chi connectivity index (χ1v) is 6.64. The predicted octanol–water partition coefficient (Wildman–Crippen LogP) is 4.73. The van der Waals surface area contributed by atoms with E-state index < -0.39 is 0 Å². The lowest BCUT2D eigenvalue weighted by Gasteiger charge is -2.08. The summed E-state index contributed by atoms with van der Waals surface area (Å²) in [4.78, 5) is 4.19. The van der Waals surface area contributed by atoms with Crippen molar-refractivity contribution in [2.24, 2.45) is 0 Å². The molecular weight excluding hydrogens is 218 g/mol. The minimum Gasteiger partial charge on any atom is -0.264 e. The molecule has 0 aliphatic carbocycles. The maximum absolute atomic E-state index is 4.19. The highest BCUT2D eigenvalue weighted by Crippen LogP contribution is 2.27. The van der Waals surface area contributed by atoms with Crippen molar-refractivity contribution in [1.29, 1.82) is 0 Å². The van der Waals surface area contributed by atoms with Crippen molar-refractivity contribution in [3.8, 4) is 0 Å². The molecule has 1 aromatic heterocycles. The lowest BCUT2D eigenvalue weighted by atomic mass is 9.97. The van der Waals surface area contributed by atoms with Crippen LogP contribution in [0.4, 0.5) is 0 Å². The predicted molar refractivity (Wildman–Crippen MR) is 77.9 cm³/mol. The SMILES string of the molecule is CCCCc1cccc2c1ccc1cnccc12. The minimum atomic E-state index is 1.17. The Bertz CT molecular complexity index is 685. The van der Waals surface area contributed by atoms with E-state index in [1.54, 1.807) is 0 Å². The second kappa shape index (κ2) is 4.77. The molecule has 18 heavy (non-hydrogen) atoms. The van der Waals surface area contributed by atoms with E-state index in [0.29, 0.717) is 0 Å². The summed E-state index contributed by atoms with van der Waals surface area (Å²) >= 11 is 0. The summed E-state index contributed by atoms with van der Waals surface area (Å²) in [5.41, 5.74) is 1.47. The molecule has 0 radical (unpaired) electrons. The van der Waals surface area contributed by atoms with Gasteiger partial charge in [0.2, 0.25) is 0 Å². The van der Waals surface area contributed by atoms with Crippen LogP contribution in [0.15, 0.2) is 48.8 Å². The number of hydrogen-bond donors (Lipinski definition) is 0. The second-order valence-electron chi connectivity index (χ2n) is 4.78. The third-order valence-electron chi connectivity index (χ3n) is 3.57. The molecular formula is C17H17N. The Morgan fingerprint density at radius 2 is 1.89 bits per heavy atom. The molecule has 0 fully saturated rings. The molecule has 1 heteroatoms. The third kappa shape index (κ3) is 1.86. The molecule has 90 valence electrons. The molecule has 0 saturated heterocycles. The highest BCUT2D eigenvalue weighted by Gasteiger charge is 2.04. The van der Waals surface area contributed by atoms with Gasteiger partial charge in [-0.05, 0) is 40.6 Å². The van der Waals surface area contributed by atoms with Crippen molar-refractivity contribution in [2.75, 3.05) is 0 Å². The van der Waals surface area contributed by atoms with Crippen LogP contribution < -0.4 is 0 Å². The van der Waals surface area contributed by atoms with E-state index >= 15 is 0 Å². The molecule has 3 aromatic rings. The van der Waals surface area contributed by atoms with Crippen LogP contribution in [0.25, 0.3) is 21.5 Å². The zero-order valence-corrected chi connectivity index (χ0v) is 10.7. The van der Waals surface area contributed by atoms with Crippen LogP contribution >= 0.6 is 0 Å². The molecule has 0 aliphatic heterocycles. The molecule has 3 rings (SSSR count). The Balaban J connectivity index is 2.26. The molecule has 0 aliphatic rings. The number of benzene rings is 2. The molecule has 1 heterocycles. The van der Waals surface area contributed by atoms with E-state index in [9.17, 15) is 0 Å². The van der Waals surface area contributed by atoms with E-state index in [4.69, 9.17) is 0 Å². The van der Waals surface area contributed by atoms with Crippen molar-refractivity contribution in [3.05, 3.63) is 54.4 Å². The fourth-order valence-corrected chi connectivity index (χ4v) is 2.59. The van der Waals surface area contributed by atoms with Crippen molar-refractivity contribution in [2.45, 2.75) is 26.2 Å². The largest absolute Gasteiger partial charge is 0.264 e. The number of hydrogen-bond acceptors (Lipinski definition) is 1. The molecule has 0 atom stereocenters. The first-order valence-electron chi connectivity index (χ1n) is 6.64. The minimum absolute atomic E-state index is 1.17. The van der Waals surface area contributed by atoms with Crippen LogP contribution in [0.1, 0.15) is 25.3 Å². The summed E-state index contributed by atoms with van der Waals surface area (Å²) in [6.45, 7) is 2.24. The number of nitrogens with zero attached hydrogens (tertiary/aromatic N) is 1. The van der Waals surface area contributed by atoms with Gasteiger partial charge in [0.15, 0.2) is 0 Å². The zero-order chi connectivity index (χ0) is 12.4. The Morgan fingerprint density at radius 3 is 2.78 bits per heavy atom. The highest BCUT2D eigenvalue weighted by molar-refractivity contribution is 6.08. The van der Waals surface area contributed by atoms with Gasteiger partial charge in [-0.3, -0.25) is 4.98 Å². The molecule has 0 saturated carbocycles. The Hall–Kier alpha value is -1.89. The second-order valence-corrected chi connectivity index (χ2v) is 4.78. The maximum atomic E-state index is 4.19. The zero-order valence-electron chi connectivity index (χ0n) is 10.7. The van der Waals surface area contributed by atoms with E-state index in [1.165, 1.54) is 46.4 Å². The maximum Gasteiger partial charge on any atom is 0.0346 e. The summed E-state index contributed by atoms with van der Waals surface area (Å²) < 4.78 is 0. The third-order valence-corrected chi connectivity index (χ3v) is 3.57. The number of fused-ring (bicyclic) bond motifs is 3. The standard InChI is InChI=1S/C17H17N/c1-2-3-5-13-6-4-7-17-15(13)9-8-14-12-18-11-10-16(14)17/h4,6-12H,2-3,5H2,1H3. The van der Waals surface area contributed by atoms with E-state index in [0.717, 1.165) is 0 Å². The van der Waals surface area contributed by atoms with Gasteiger partial charge in [0, 0.05) is 17.8 Å². The van der Waals surface area contributed by atoms with Crippen LogP contribution in [0.2, 0.25) is 0 Å². The quantitative estimate of drug-likeness (QED) is 0.598. The first kappa shape index (κ1) is 11.2. The molecule has 1 nitrogen and oxygen atoms in total. The molecule has 0 amide bonds. The van der Waals surface area contributed by atoms with Gasteiger partial charge in [-0.1, -0.05) is 43.7 Å². The Kier molecular flexibility index (Phi) is 2.97. The van der Waals surface area contributed by atoms with E-state index in [1.807, 2.05) is 12.4 Å². The van der Waals surface area contributed by atoms with Crippen molar-refractivity contribution in [3.63, 3.8) is 0 Å². The van der Waals surface area contributed by atoms with E-state index in [-0.39, 0.29) is 0 Å². The molecule has 2 aromatic carbocycles. The monoisotopic (exact) mass is 235 g/mol. The van der Waals surface area contributed by atoms with Gasteiger partial charge in [0.05, 0.1) is 0 Å². The van der Waals surface area contributed by atoms with Gasteiger partial charge in [0.25, 0.3) is 0 Å². The van der Waals surface area contributed by atoms with Crippen molar-refractivity contribution >= 4 is 21.5 Å². The molecule has 0 N–H and O–H groups in total. The van der Waals surface area contributed by atoms with Crippen molar-refractivity contribution < 1.29 is 0 Å². The normalized spacial score (nSPS) is 11.2. The van der Waals surface area contributed by atoms with Gasteiger partial charge < -0.3 is 0 Å². The van der Waals surface area contributed by atoms with Crippen LogP contribution in [0.3, 0.4) is 0 Å². The Labute approximate surface area is 107 Å². The topological polar surface area (TPSA) is 12.9 Å². The number of pyridine rings is 1. The van der Waals surface area contributed by atoms with Gasteiger partial charge in [-0.2, -0.15) is 0 Å². The number of aromatic nitrogens is 1. The Morgan fingerprint density at radius 1 is 0.944 bits per heavy atom. The summed E-state index contributed by atoms with van der Waals surface area (Å²) in [5.74, 6) is 0. The smallest absolute Gasteiger partial charge is 0.0346 e. The first-order chi connectivity index (χ1) is 8.90. The summed E-state index contributed by atoms with van der Waals surface area (Å²) in [7, 11) is 0. The summed E-state index contributed by atoms with van der Waals surface area (Å²) in [6.07, 6.45) is 7.49. The van der Waals surface area contributed by atoms with Crippen LogP contribution in [-0.4, -0.2) is 4.98 Å². The summed E-state index contributed by atoms with van der Waals surface area (Å²) in [6, 6.07) is 13.2. The van der Waals surface area contributed by atoms with Gasteiger partial charge >= 0.3 is 0 Å². The van der Waals surface area contributed by atoms with Crippen LogP contribution in [0, 0.1) is 0 Å². The van der Waals surface area contributed by atoms with Gasteiger partial charge in [-0.25, -0.2) is 0 Å². The number of unbranched alkanes of at least 4 members (excludes halogenated alkanes) is 1.